The van der Waals surface area contributed by atoms with Gasteiger partial charge in [0.05, 0.1) is 11.9 Å². The van der Waals surface area contributed by atoms with Gasteiger partial charge in [-0.15, -0.1) is 0 Å². The lowest BCUT2D eigenvalue weighted by Gasteiger charge is -2.20. The van der Waals surface area contributed by atoms with Crippen LogP contribution in [0.3, 0.4) is 0 Å². The van der Waals surface area contributed by atoms with E-state index >= 15 is 0 Å². The Labute approximate surface area is 138 Å². The molecule has 2 rings (SSSR count). The Hall–Kier alpha value is -2.93. The van der Waals surface area contributed by atoms with Crippen molar-refractivity contribution in [1.82, 2.24) is 0 Å². The van der Waals surface area contributed by atoms with Gasteiger partial charge in [0.2, 0.25) is 0 Å². The van der Waals surface area contributed by atoms with E-state index in [1.54, 1.807) is 24.3 Å². The van der Waals surface area contributed by atoms with Crippen LogP contribution in [-0.2, 0) is 11.3 Å². The van der Waals surface area contributed by atoms with Crippen molar-refractivity contribution in [2.75, 3.05) is 4.90 Å². The molecule has 0 saturated heterocycles. The summed E-state index contributed by atoms with van der Waals surface area (Å²) < 4.78 is 5.24. The molecule has 0 aliphatic carbocycles. The fraction of sp³-hybridized carbons (Fsp3) is 0.0625. The number of rotatable bonds is 4. The smallest absolute Gasteiger partial charge is 0.421 e. The second-order valence-corrected chi connectivity index (χ2v) is 4.97. The maximum atomic E-state index is 12.2. The molecule has 0 radical (unpaired) electrons. The van der Waals surface area contributed by atoms with Crippen LogP contribution in [0.15, 0.2) is 59.8 Å². The standard InChI is InChI=1S/C16H15N3O3S/c17-15(23)19(14-8-6-12(7-9-14)10-18-21)16(20)22-11-13-4-2-1-3-5-13/h1-10,21H,11H2,(H2,17,23). The monoisotopic (exact) mass is 329 g/mol. The van der Waals surface area contributed by atoms with Gasteiger partial charge < -0.3 is 15.7 Å². The molecule has 3 N–H and O–H groups in total. The summed E-state index contributed by atoms with van der Waals surface area (Å²) in [4.78, 5) is 13.3. The normalized spacial score (nSPS) is 10.4. The Morgan fingerprint density at radius 3 is 2.43 bits per heavy atom. The van der Waals surface area contributed by atoms with Gasteiger partial charge in [-0.2, -0.15) is 0 Å². The number of oxime groups is 1. The van der Waals surface area contributed by atoms with Crippen molar-refractivity contribution in [1.29, 1.82) is 0 Å². The van der Waals surface area contributed by atoms with Crippen molar-refractivity contribution in [2.45, 2.75) is 6.61 Å². The van der Waals surface area contributed by atoms with Crippen LogP contribution in [0.25, 0.3) is 0 Å². The molecule has 0 saturated carbocycles. The molecule has 0 aliphatic rings. The molecule has 0 fully saturated rings. The van der Waals surface area contributed by atoms with Gasteiger partial charge in [-0.05, 0) is 35.5 Å². The number of hydrogen-bond donors (Lipinski definition) is 2. The molecule has 0 atom stereocenters. The second-order valence-electron chi connectivity index (χ2n) is 4.55. The first-order valence-electron chi connectivity index (χ1n) is 6.69. The average Bonchev–Trinajstić information content (AvgIpc) is 2.56. The molecule has 7 heteroatoms. The highest BCUT2D eigenvalue weighted by Gasteiger charge is 2.20. The Balaban J connectivity index is 2.11. The highest BCUT2D eigenvalue weighted by molar-refractivity contribution is 7.80. The Bertz CT molecular complexity index is 702. The van der Waals surface area contributed by atoms with Gasteiger partial charge in [-0.25, -0.2) is 9.69 Å². The molecule has 0 aliphatic heterocycles. The van der Waals surface area contributed by atoms with Gasteiger partial charge in [-0.3, -0.25) is 0 Å². The Morgan fingerprint density at radius 2 is 1.87 bits per heavy atom. The summed E-state index contributed by atoms with van der Waals surface area (Å²) in [5.41, 5.74) is 7.61. The van der Waals surface area contributed by atoms with Crippen molar-refractivity contribution in [3.8, 4) is 0 Å². The van der Waals surface area contributed by atoms with Crippen molar-refractivity contribution in [3.05, 3.63) is 65.7 Å². The van der Waals surface area contributed by atoms with E-state index in [4.69, 9.17) is 27.9 Å². The van der Waals surface area contributed by atoms with Crippen LogP contribution in [-0.4, -0.2) is 22.6 Å². The van der Waals surface area contributed by atoms with E-state index in [0.29, 0.717) is 11.3 Å². The number of ether oxygens (including phenoxy) is 1. The average molecular weight is 329 g/mol. The van der Waals surface area contributed by atoms with Gasteiger partial charge >= 0.3 is 6.09 Å². The number of nitrogens with zero attached hydrogens (tertiary/aromatic N) is 2. The molecule has 0 bridgehead atoms. The van der Waals surface area contributed by atoms with Crippen LogP contribution in [0.2, 0.25) is 0 Å². The molecule has 6 nitrogen and oxygen atoms in total. The van der Waals surface area contributed by atoms with Crippen molar-refractivity contribution >= 4 is 35.3 Å². The van der Waals surface area contributed by atoms with E-state index < -0.39 is 6.09 Å². The quantitative estimate of drug-likeness (QED) is 0.390. The molecule has 118 valence electrons. The van der Waals surface area contributed by atoms with E-state index in [0.717, 1.165) is 10.5 Å². The summed E-state index contributed by atoms with van der Waals surface area (Å²) in [6.07, 6.45) is 0.604. The summed E-state index contributed by atoms with van der Waals surface area (Å²) in [5.74, 6) is 0. The SMILES string of the molecule is NC(=S)N(C(=O)OCc1ccccc1)c1ccc(C=NO)cc1. The molecule has 0 unspecified atom stereocenters. The predicted octanol–water partition coefficient (Wildman–Crippen LogP) is 2.88. The first-order chi connectivity index (χ1) is 11.1. The van der Waals surface area contributed by atoms with Gasteiger partial charge in [0, 0.05) is 0 Å². The maximum absolute atomic E-state index is 12.2. The number of anilines is 1. The Morgan fingerprint density at radius 1 is 1.22 bits per heavy atom. The number of carbonyl (C=O) groups excluding carboxylic acids is 1. The summed E-state index contributed by atoms with van der Waals surface area (Å²) >= 11 is 4.93. The van der Waals surface area contributed by atoms with Crippen molar-refractivity contribution in [3.63, 3.8) is 0 Å². The first-order valence-corrected chi connectivity index (χ1v) is 7.10. The minimum absolute atomic E-state index is 0.119. The summed E-state index contributed by atoms with van der Waals surface area (Å²) in [6.45, 7) is 0.119. The molecule has 2 aromatic rings. The molecule has 0 spiro atoms. The molecule has 0 aromatic heterocycles. The van der Waals surface area contributed by atoms with E-state index in [2.05, 4.69) is 5.16 Å². The Kier molecular flexibility index (Phi) is 5.65. The van der Waals surface area contributed by atoms with Crippen LogP contribution < -0.4 is 10.6 Å². The molecular weight excluding hydrogens is 314 g/mol. The lowest BCUT2D eigenvalue weighted by atomic mass is 10.2. The molecular formula is C16H15N3O3S. The highest BCUT2D eigenvalue weighted by Crippen LogP contribution is 2.16. The van der Waals surface area contributed by atoms with Crippen molar-refractivity contribution in [2.24, 2.45) is 10.9 Å². The van der Waals surface area contributed by atoms with Crippen LogP contribution >= 0.6 is 12.2 Å². The largest absolute Gasteiger partial charge is 0.444 e. The minimum Gasteiger partial charge on any atom is -0.444 e. The summed E-state index contributed by atoms with van der Waals surface area (Å²) in [6, 6.07) is 15.9. The molecule has 0 heterocycles. The highest BCUT2D eigenvalue weighted by atomic mass is 32.1. The van der Waals surface area contributed by atoms with Gasteiger partial charge in [0.1, 0.15) is 6.61 Å². The predicted molar refractivity (Wildman–Crippen MR) is 91.7 cm³/mol. The maximum Gasteiger partial charge on any atom is 0.421 e. The zero-order valence-corrected chi connectivity index (χ0v) is 12.9. The van der Waals surface area contributed by atoms with E-state index in [1.807, 2.05) is 30.3 Å². The number of hydrogen-bond acceptors (Lipinski definition) is 5. The van der Waals surface area contributed by atoms with Crippen LogP contribution in [0.1, 0.15) is 11.1 Å². The second kappa shape index (κ2) is 7.90. The summed E-state index contributed by atoms with van der Waals surface area (Å²) in [7, 11) is 0. The van der Waals surface area contributed by atoms with Crippen molar-refractivity contribution < 1.29 is 14.7 Å². The van der Waals surface area contributed by atoms with E-state index in [1.165, 1.54) is 6.21 Å². The third-order valence-corrected chi connectivity index (χ3v) is 3.15. The third kappa shape index (κ3) is 4.52. The van der Waals surface area contributed by atoms with Gasteiger partial charge in [0.15, 0.2) is 5.11 Å². The first kappa shape index (κ1) is 16.4. The number of benzene rings is 2. The molecule has 23 heavy (non-hydrogen) atoms. The lowest BCUT2D eigenvalue weighted by Crippen LogP contribution is -2.41. The fourth-order valence-electron chi connectivity index (χ4n) is 1.88. The zero-order chi connectivity index (χ0) is 16.7. The topological polar surface area (TPSA) is 88.2 Å². The fourth-order valence-corrected chi connectivity index (χ4v) is 2.06. The number of carbonyl (C=O) groups is 1. The minimum atomic E-state index is -0.662. The zero-order valence-electron chi connectivity index (χ0n) is 12.1. The molecule has 1 amide bonds. The third-order valence-electron chi connectivity index (χ3n) is 2.97. The van der Waals surface area contributed by atoms with E-state index in [-0.39, 0.29) is 11.7 Å². The number of amides is 1. The van der Waals surface area contributed by atoms with Gasteiger partial charge in [0.25, 0.3) is 0 Å². The number of thiocarbonyl (C=S) groups is 1. The van der Waals surface area contributed by atoms with Crippen LogP contribution in [0.4, 0.5) is 10.5 Å². The van der Waals surface area contributed by atoms with Crippen LogP contribution in [0.5, 0.6) is 0 Å². The molecule has 2 aromatic carbocycles. The lowest BCUT2D eigenvalue weighted by molar-refractivity contribution is 0.150. The van der Waals surface area contributed by atoms with Gasteiger partial charge in [-0.1, -0.05) is 47.6 Å². The number of nitrogens with two attached hydrogens (primary N) is 1. The van der Waals surface area contributed by atoms with E-state index in [9.17, 15) is 4.79 Å². The summed E-state index contributed by atoms with van der Waals surface area (Å²) in [5, 5.41) is 11.3. The van der Waals surface area contributed by atoms with Crippen LogP contribution in [0, 0.1) is 0 Å².